The van der Waals surface area contributed by atoms with Crippen molar-refractivity contribution in [2.24, 2.45) is 5.92 Å². The second kappa shape index (κ2) is 10.2. The number of likely N-dealkylation sites (tertiary alicyclic amines) is 1. The van der Waals surface area contributed by atoms with Gasteiger partial charge in [-0.1, -0.05) is 6.92 Å². The fourth-order valence-corrected chi connectivity index (χ4v) is 3.28. The quantitative estimate of drug-likeness (QED) is 0.720. The molecule has 0 unspecified atom stereocenters. The van der Waals surface area contributed by atoms with Crippen LogP contribution in [0.15, 0.2) is 18.2 Å². The van der Waals surface area contributed by atoms with Crippen LogP contribution in [0.2, 0.25) is 0 Å². The lowest BCUT2D eigenvalue weighted by atomic mass is 9.95. The first kappa shape index (κ1) is 21.0. The Morgan fingerprint density at radius 2 is 1.74 bits per heavy atom. The second-order valence-corrected chi connectivity index (χ2v) is 6.87. The molecule has 7 heteroatoms. The van der Waals surface area contributed by atoms with Crippen LogP contribution in [0, 0.1) is 5.92 Å². The minimum absolute atomic E-state index is 0.0391. The van der Waals surface area contributed by atoms with E-state index in [1.165, 1.54) is 0 Å². The van der Waals surface area contributed by atoms with Crippen molar-refractivity contribution in [2.75, 3.05) is 40.4 Å². The number of hydrogen-bond acceptors (Lipinski definition) is 5. The Kier molecular flexibility index (Phi) is 7.91. The van der Waals surface area contributed by atoms with E-state index in [1.54, 1.807) is 37.3 Å². The Morgan fingerprint density at radius 1 is 1.15 bits per heavy atom. The molecule has 0 radical (unpaired) electrons. The lowest BCUT2D eigenvalue weighted by Gasteiger charge is -2.31. The fraction of sp³-hybridized carbons (Fsp3) is 0.600. The molecule has 0 spiro atoms. The van der Waals surface area contributed by atoms with Crippen LogP contribution in [0.25, 0.3) is 0 Å². The van der Waals surface area contributed by atoms with Gasteiger partial charge in [0.1, 0.15) is 11.5 Å². The van der Waals surface area contributed by atoms with E-state index in [9.17, 15) is 9.59 Å². The number of benzene rings is 1. The van der Waals surface area contributed by atoms with Crippen LogP contribution in [0.5, 0.6) is 11.5 Å². The zero-order valence-electron chi connectivity index (χ0n) is 16.7. The summed E-state index contributed by atoms with van der Waals surface area (Å²) in [7, 11) is 3.12. The number of carbonyl (C=O) groups is 2. The number of hydrogen-bond donors (Lipinski definition) is 2. The number of nitrogens with one attached hydrogen (secondary N) is 2. The normalized spacial score (nSPS) is 15.9. The van der Waals surface area contributed by atoms with Crippen molar-refractivity contribution in [1.82, 2.24) is 15.5 Å². The summed E-state index contributed by atoms with van der Waals surface area (Å²) in [6.45, 7) is 6.73. The number of ether oxygens (including phenoxy) is 2. The molecule has 1 aliphatic heterocycles. The van der Waals surface area contributed by atoms with Crippen LogP contribution in [-0.2, 0) is 4.79 Å². The van der Waals surface area contributed by atoms with E-state index >= 15 is 0 Å². The van der Waals surface area contributed by atoms with Crippen molar-refractivity contribution < 1.29 is 19.1 Å². The maximum absolute atomic E-state index is 12.8. The van der Waals surface area contributed by atoms with E-state index in [4.69, 9.17) is 9.47 Å². The van der Waals surface area contributed by atoms with Crippen LogP contribution in [-0.4, -0.2) is 63.2 Å². The maximum Gasteiger partial charge on any atom is 0.254 e. The number of piperidine rings is 1. The lowest BCUT2D eigenvalue weighted by molar-refractivity contribution is -0.126. The molecule has 2 N–H and O–H groups in total. The van der Waals surface area contributed by atoms with Gasteiger partial charge in [-0.3, -0.25) is 9.59 Å². The average Bonchev–Trinajstić information content (AvgIpc) is 2.71. The van der Waals surface area contributed by atoms with Gasteiger partial charge in [-0.25, -0.2) is 0 Å². The Balaban J connectivity index is 1.89. The molecule has 1 aromatic rings. The number of amides is 2. The van der Waals surface area contributed by atoms with Gasteiger partial charge in [0.05, 0.1) is 14.2 Å². The Hall–Kier alpha value is -2.28. The average molecular weight is 377 g/mol. The van der Waals surface area contributed by atoms with E-state index in [0.29, 0.717) is 49.5 Å². The number of carbonyl (C=O) groups excluding carboxylic acids is 2. The van der Waals surface area contributed by atoms with Crippen molar-refractivity contribution in [3.63, 3.8) is 0 Å². The molecule has 1 saturated heterocycles. The maximum atomic E-state index is 12.8. The highest BCUT2D eigenvalue weighted by molar-refractivity contribution is 5.95. The minimum Gasteiger partial charge on any atom is -0.497 e. The molecular formula is C20H31N3O4. The van der Waals surface area contributed by atoms with Gasteiger partial charge in [-0.2, -0.15) is 0 Å². The molecule has 1 fully saturated rings. The van der Waals surface area contributed by atoms with Gasteiger partial charge in [0.25, 0.3) is 5.91 Å². The molecule has 0 bridgehead atoms. The first-order valence-corrected chi connectivity index (χ1v) is 9.51. The summed E-state index contributed by atoms with van der Waals surface area (Å²) >= 11 is 0. The standard InChI is InChI=1S/C20H31N3O4/c1-5-21-14(2)13-22-19(24)15-6-8-23(9-7-15)20(25)16-10-17(26-3)12-18(11-16)27-4/h10-12,14-15,21H,5-9,13H2,1-4H3,(H,22,24)/t14-/m1/s1. The van der Waals surface area contributed by atoms with Crippen LogP contribution in [0.4, 0.5) is 0 Å². The molecule has 0 aliphatic carbocycles. The van der Waals surface area contributed by atoms with Crippen LogP contribution >= 0.6 is 0 Å². The molecule has 2 amide bonds. The zero-order chi connectivity index (χ0) is 19.8. The third-order valence-corrected chi connectivity index (χ3v) is 4.89. The summed E-state index contributed by atoms with van der Waals surface area (Å²) in [5.74, 6) is 1.15. The summed E-state index contributed by atoms with van der Waals surface area (Å²) < 4.78 is 10.5. The van der Waals surface area contributed by atoms with E-state index < -0.39 is 0 Å². The van der Waals surface area contributed by atoms with Crippen molar-refractivity contribution in [3.05, 3.63) is 23.8 Å². The van der Waals surface area contributed by atoms with Crippen molar-refractivity contribution in [1.29, 1.82) is 0 Å². The monoisotopic (exact) mass is 377 g/mol. The van der Waals surface area contributed by atoms with Gasteiger partial charge in [-0.15, -0.1) is 0 Å². The SMILES string of the molecule is CCN[C@H](C)CNC(=O)C1CCN(C(=O)c2cc(OC)cc(OC)c2)CC1. The molecule has 1 aromatic carbocycles. The summed E-state index contributed by atoms with van der Waals surface area (Å²) in [5, 5.41) is 6.28. The highest BCUT2D eigenvalue weighted by atomic mass is 16.5. The topological polar surface area (TPSA) is 79.9 Å². The molecule has 1 aliphatic rings. The molecule has 0 saturated carbocycles. The number of nitrogens with zero attached hydrogens (tertiary/aromatic N) is 1. The largest absolute Gasteiger partial charge is 0.497 e. The summed E-state index contributed by atoms with van der Waals surface area (Å²) in [6.07, 6.45) is 1.35. The van der Waals surface area contributed by atoms with Crippen LogP contribution < -0.4 is 20.1 Å². The number of rotatable bonds is 8. The summed E-state index contributed by atoms with van der Waals surface area (Å²) in [5.41, 5.74) is 0.536. The third-order valence-electron chi connectivity index (χ3n) is 4.89. The number of methoxy groups -OCH3 is 2. The first-order chi connectivity index (χ1) is 13.0. The van der Waals surface area contributed by atoms with Gasteiger partial charge >= 0.3 is 0 Å². The third kappa shape index (κ3) is 5.85. The molecule has 1 heterocycles. The molecule has 0 aromatic heterocycles. The van der Waals surface area contributed by atoms with Crippen molar-refractivity contribution in [2.45, 2.75) is 32.7 Å². The highest BCUT2D eigenvalue weighted by Gasteiger charge is 2.28. The van der Waals surface area contributed by atoms with Gasteiger partial charge in [0, 0.05) is 43.2 Å². The highest BCUT2D eigenvalue weighted by Crippen LogP contribution is 2.25. The van der Waals surface area contributed by atoms with Gasteiger partial charge in [0.2, 0.25) is 5.91 Å². The van der Waals surface area contributed by atoms with Gasteiger partial charge in [0.15, 0.2) is 0 Å². The van der Waals surface area contributed by atoms with Gasteiger partial charge in [-0.05, 0) is 38.4 Å². The molecule has 1 atom stereocenters. The van der Waals surface area contributed by atoms with Crippen LogP contribution in [0.1, 0.15) is 37.0 Å². The first-order valence-electron chi connectivity index (χ1n) is 9.51. The Labute approximate surface area is 161 Å². The number of likely N-dealkylation sites (N-methyl/N-ethyl adjacent to an activating group) is 1. The molecule has 7 nitrogen and oxygen atoms in total. The molecule has 150 valence electrons. The van der Waals surface area contributed by atoms with Crippen molar-refractivity contribution >= 4 is 11.8 Å². The van der Waals surface area contributed by atoms with E-state index in [-0.39, 0.29) is 23.8 Å². The predicted octanol–water partition coefficient (Wildman–Crippen LogP) is 1.67. The van der Waals surface area contributed by atoms with Crippen LogP contribution in [0.3, 0.4) is 0 Å². The fourth-order valence-electron chi connectivity index (χ4n) is 3.28. The van der Waals surface area contributed by atoms with Crippen molar-refractivity contribution in [3.8, 4) is 11.5 Å². The summed E-state index contributed by atoms with van der Waals surface area (Å²) in [6, 6.07) is 5.42. The van der Waals surface area contributed by atoms with E-state index in [0.717, 1.165) is 6.54 Å². The second-order valence-electron chi connectivity index (χ2n) is 6.87. The predicted molar refractivity (Wildman–Crippen MR) is 104 cm³/mol. The van der Waals surface area contributed by atoms with Gasteiger partial charge < -0.3 is 25.0 Å². The Morgan fingerprint density at radius 3 is 2.26 bits per heavy atom. The molecule has 2 rings (SSSR count). The smallest absolute Gasteiger partial charge is 0.254 e. The molecule has 27 heavy (non-hydrogen) atoms. The Bertz CT molecular complexity index is 620. The summed E-state index contributed by atoms with van der Waals surface area (Å²) in [4.78, 5) is 26.9. The molecular weight excluding hydrogens is 346 g/mol. The zero-order valence-corrected chi connectivity index (χ0v) is 16.7. The van der Waals surface area contributed by atoms with E-state index in [1.807, 2.05) is 13.8 Å². The van der Waals surface area contributed by atoms with E-state index in [2.05, 4.69) is 10.6 Å². The minimum atomic E-state index is -0.0631. The lowest BCUT2D eigenvalue weighted by Crippen LogP contribution is -2.45.